The van der Waals surface area contributed by atoms with Crippen molar-refractivity contribution in [1.29, 1.82) is 0 Å². The number of benzene rings is 2. The van der Waals surface area contributed by atoms with Crippen LogP contribution in [0.1, 0.15) is 37.4 Å². The van der Waals surface area contributed by atoms with E-state index in [0.717, 1.165) is 27.1 Å². The first-order valence-electron chi connectivity index (χ1n) is 8.90. The van der Waals surface area contributed by atoms with E-state index in [1.165, 1.54) is 0 Å². The third-order valence-corrected chi connectivity index (χ3v) is 4.94. The monoisotopic (exact) mass is 430 g/mol. The van der Waals surface area contributed by atoms with Gasteiger partial charge in [0.05, 0.1) is 12.3 Å². The summed E-state index contributed by atoms with van der Waals surface area (Å²) >= 11 is 3.41. The maximum atomic E-state index is 12.4. The van der Waals surface area contributed by atoms with Crippen molar-refractivity contribution >= 4 is 27.5 Å². The molecule has 0 spiro atoms. The molecule has 0 saturated carbocycles. The van der Waals surface area contributed by atoms with E-state index in [0.29, 0.717) is 13.0 Å². The van der Waals surface area contributed by atoms with Gasteiger partial charge in [-0.25, -0.2) is 16.3 Å². The summed E-state index contributed by atoms with van der Waals surface area (Å²) in [6.45, 7) is 4.47. The number of carbonyl (C=O) groups is 1. The summed E-state index contributed by atoms with van der Waals surface area (Å²) in [6, 6.07) is 15.4. The van der Waals surface area contributed by atoms with Gasteiger partial charge in [-0.1, -0.05) is 40.2 Å². The molecule has 2 atom stereocenters. The maximum Gasteiger partial charge on any atom is 0.258 e. The smallest absolute Gasteiger partial charge is 0.258 e. The van der Waals surface area contributed by atoms with E-state index in [9.17, 15) is 4.79 Å². The van der Waals surface area contributed by atoms with E-state index < -0.39 is 0 Å². The largest absolute Gasteiger partial charge is 0.494 e. The van der Waals surface area contributed by atoms with Crippen LogP contribution < -0.4 is 21.0 Å². The average Bonchev–Trinajstić information content (AvgIpc) is 3.17. The number of nitrogens with one attached hydrogen (secondary N) is 3. The van der Waals surface area contributed by atoms with Crippen LogP contribution in [0.5, 0.6) is 5.75 Å². The summed E-state index contributed by atoms with van der Waals surface area (Å²) in [4.78, 5) is 12.4. The van der Waals surface area contributed by atoms with Gasteiger partial charge in [-0.3, -0.25) is 4.79 Å². The van der Waals surface area contributed by atoms with Crippen LogP contribution in [0.2, 0.25) is 0 Å². The quantitative estimate of drug-likeness (QED) is 0.485. The Bertz CT molecular complexity index is 806. The highest BCUT2D eigenvalue weighted by atomic mass is 79.9. The summed E-state index contributed by atoms with van der Waals surface area (Å²) in [6.07, 6.45) is 0.646. The number of carbonyl (C=O) groups excluding carboxylic acids is 1. The van der Waals surface area contributed by atoms with Crippen LogP contribution in [0, 0.1) is 0 Å². The number of nitrogens with zero attached hydrogens (tertiary/aromatic N) is 1. The van der Waals surface area contributed by atoms with E-state index in [-0.39, 0.29) is 18.0 Å². The van der Waals surface area contributed by atoms with Gasteiger partial charge >= 0.3 is 0 Å². The Labute approximate surface area is 167 Å². The predicted molar refractivity (Wildman–Crippen MR) is 110 cm³/mol. The molecule has 1 aliphatic heterocycles. The highest BCUT2D eigenvalue weighted by Gasteiger charge is 2.30. The standard InChI is InChI=1S/C20H23BrN4O2/c1-3-27-17-10-6-15(7-11-17)18-12-19(24-23-18)20(26)25-22-13(2)14-4-8-16(21)9-5-14/h4-11,18-19,23-24H,3,12H2,1-2H3,(H,25,26)/b22-13+. The maximum absolute atomic E-state index is 12.4. The van der Waals surface area contributed by atoms with Crippen molar-refractivity contribution in [3.8, 4) is 5.75 Å². The molecule has 6 nitrogen and oxygen atoms in total. The molecule has 2 unspecified atom stereocenters. The number of halogens is 1. The van der Waals surface area contributed by atoms with Crippen LogP contribution in [-0.2, 0) is 4.79 Å². The minimum atomic E-state index is -0.344. The van der Waals surface area contributed by atoms with E-state index in [1.807, 2.05) is 62.4 Å². The number of hydrogen-bond donors (Lipinski definition) is 3. The van der Waals surface area contributed by atoms with Crippen LogP contribution in [0.15, 0.2) is 58.1 Å². The van der Waals surface area contributed by atoms with Crippen LogP contribution in [0.4, 0.5) is 0 Å². The lowest BCUT2D eigenvalue weighted by molar-refractivity contribution is -0.122. The SMILES string of the molecule is CCOc1ccc(C2CC(C(=O)N/N=C(\C)c3ccc(Br)cc3)NN2)cc1. The summed E-state index contributed by atoms with van der Waals surface area (Å²) in [7, 11) is 0. The molecular weight excluding hydrogens is 408 g/mol. The van der Waals surface area contributed by atoms with Gasteiger partial charge in [-0.15, -0.1) is 0 Å². The first kappa shape index (κ1) is 19.5. The third-order valence-electron chi connectivity index (χ3n) is 4.41. The number of ether oxygens (including phenoxy) is 1. The van der Waals surface area contributed by atoms with Gasteiger partial charge in [0, 0.05) is 10.5 Å². The topological polar surface area (TPSA) is 74.8 Å². The molecule has 0 aliphatic carbocycles. The van der Waals surface area contributed by atoms with Crippen LogP contribution in [-0.4, -0.2) is 24.3 Å². The van der Waals surface area contributed by atoms with E-state index in [2.05, 4.69) is 37.3 Å². The molecule has 1 heterocycles. The number of hydrazone groups is 1. The van der Waals surface area contributed by atoms with Crippen LogP contribution in [0.3, 0.4) is 0 Å². The Morgan fingerprint density at radius 3 is 2.56 bits per heavy atom. The molecule has 0 radical (unpaired) electrons. The predicted octanol–water partition coefficient (Wildman–Crippen LogP) is 3.30. The fourth-order valence-corrected chi connectivity index (χ4v) is 3.15. The number of hydrogen-bond acceptors (Lipinski definition) is 5. The second kappa shape index (κ2) is 9.12. The van der Waals surface area contributed by atoms with Gasteiger partial charge in [-0.2, -0.15) is 5.10 Å². The highest BCUT2D eigenvalue weighted by Crippen LogP contribution is 2.24. The second-order valence-electron chi connectivity index (χ2n) is 6.31. The Morgan fingerprint density at radius 2 is 1.89 bits per heavy atom. The molecule has 0 aromatic heterocycles. The molecule has 27 heavy (non-hydrogen) atoms. The van der Waals surface area contributed by atoms with Crippen LogP contribution in [0.25, 0.3) is 0 Å². The molecule has 142 valence electrons. The number of hydrazine groups is 1. The van der Waals surface area contributed by atoms with Crippen molar-refractivity contribution in [3.05, 3.63) is 64.1 Å². The Hall–Kier alpha value is -2.22. The second-order valence-corrected chi connectivity index (χ2v) is 7.23. The van der Waals surface area contributed by atoms with E-state index in [4.69, 9.17) is 4.74 Å². The van der Waals surface area contributed by atoms with Crippen molar-refractivity contribution in [1.82, 2.24) is 16.3 Å². The van der Waals surface area contributed by atoms with E-state index >= 15 is 0 Å². The minimum Gasteiger partial charge on any atom is -0.494 e. The lowest BCUT2D eigenvalue weighted by Crippen LogP contribution is -2.41. The summed E-state index contributed by atoms with van der Waals surface area (Å²) < 4.78 is 6.47. The van der Waals surface area contributed by atoms with Gasteiger partial charge in [-0.05, 0) is 55.7 Å². The Kier molecular flexibility index (Phi) is 6.60. The fourth-order valence-electron chi connectivity index (χ4n) is 2.88. The lowest BCUT2D eigenvalue weighted by Gasteiger charge is -2.11. The lowest BCUT2D eigenvalue weighted by atomic mass is 10.0. The molecule has 7 heteroatoms. The normalized spacial score (nSPS) is 19.7. The molecule has 3 N–H and O–H groups in total. The molecule has 2 aromatic rings. The summed E-state index contributed by atoms with van der Waals surface area (Å²) in [5, 5.41) is 4.22. The highest BCUT2D eigenvalue weighted by molar-refractivity contribution is 9.10. The van der Waals surface area contributed by atoms with Gasteiger partial charge in [0.25, 0.3) is 5.91 Å². The summed E-state index contributed by atoms with van der Waals surface area (Å²) in [5.74, 6) is 0.687. The molecule has 1 fully saturated rings. The first-order chi connectivity index (χ1) is 13.1. The fraction of sp³-hybridized carbons (Fsp3) is 0.300. The van der Waals surface area contributed by atoms with Gasteiger partial charge in [0.2, 0.25) is 0 Å². The van der Waals surface area contributed by atoms with Crippen molar-refractivity contribution in [2.75, 3.05) is 6.61 Å². The molecule has 1 saturated heterocycles. The van der Waals surface area contributed by atoms with Gasteiger partial charge in [0.1, 0.15) is 11.8 Å². The first-order valence-corrected chi connectivity index (χ1v) is 9.70. The molecule has 3 rings (SSSR count). The number of amides is 1. The zero-order valence-electron chi connectivity index (χ0n) is 15.3. The van der Waals surface area contributed by atoms with Gasteiger partial charge in [0.15, 0.2) is 0 Å². The van der Waals surface area contributed by atoms with Crippen molar-refractivity contribution in [2.24, 2.45) is 5.10 Å². The Balaban J connectivity index is 1.55. The van der Waals surface area contributed by atoms with Crippen molar-refractivity contribution in [2.45, 2.75) is 32.4 Å². The zero-order chi connectivity index (χ0) is 19.2. The van der Waals surface area contributed by atoms with Crippen molar-refractivity contribution in [3.63, 3.8) is 0 Å². The van der Waals surface area contributed by atoms with Crippen molar-refractivity contribution < 1.29 is 9.53 Å². The molecular formula is C20H23BrN4O2. The third kappa shape index (κ3) is 5.15. The average molecular weight is 431 g/mol. The van der Waals surface area contributed by atoms with E-state index in [1.54, 1.807) is 0 Å². The summed E-state index contributed by atoms with van der Waals surface area (Å²) in [5.41, 5.74) is 11.7. The van der Waals surface area contributed by atoms with Crippen LogP contribution >= 0.6 is 15.9 Å². The minimum absolute atomic E-state index is 0.0629. The molecule has 0 bridgehead atoms. The molecule has 1 aliphatic rings. The Morgan fingerprint density at radius 1 is 1.19 bits per heavy atom. The molecule has 1 amide bonds. The zero-order valence-corrected chi connectivity index (χ0v) is 16.9. The molecule has 2 aromatic carbocycles. The number of rotatable bonds is 6. The van der Waals surface area contributed by atoms with Gasteiger partial charge < -0.3 is 4.74 Å².